The number of halogens is 6. The standard InChI is InChI=1S/C36H32F6N2O11.CH2O/c1-50-33(48)22-4-5-23(18-54-49)30(16-22)43-24-6-10-26(11-7-24)52-19-34(35(37,38)39,36(40,41)42)20-53-27-12-8-25(9-13-27)44-31(45)29-15-21(17-55-51-2)3-14-28(29)32(46)47;1-2/h3-16,43,49H,17-20H2,1-2H3,(H,44,45)(H,46,47);1H2. The number of methoxy groups -OCH3 is 1. The SMILES string of the molecule is C=O.COOCc1ccc(C(=O)O)c(C(=O)Nc2ccc(OCC(COc3ccc(Nc4cc(C(=O)OC)ccc4COO)cc3)(C(F)(F)F)C(F)(F)F)cc2)c1. The summed E-state index contributed by atoms with van der Waals surface area (Å²) in [6.07, 6.45) is -11.8. The summed E-state index contributed by atoms with van der Waals surface area (Å²) in [5, 5.41) is 23.7. The largest absolute Gasteiger partial charge is 0.492 e. The molecule has 1 amide bonds. The molecule has 0 radical (unpaired) electrons. The zero-order chi connectivity index (χ0) is 42.4. The molecule has 4 N–H and O–H groups in total. The lowest BCUT2D eigenvalue weighted by atomic mass is 9.88. The number of carboxylic acid groups (broad SMARTS) is 1. The van der Waals surface area contributed by atoms with Crippen molar-refractivity contribution >= 4 is 41.7 Å². The summed E-state index contributed by atoms with van der Waals surface area (Å²) in [5.74, 6) is -3.73. The second-order valence-corrected chi connectivity index (χ2v) is 11.5. The van der Waals surface area contributed by atoms with Crippen LogP contribution in [0.5, 0.6) is 11.5 Å². The molecule has 4 aromatic rings. The van der Waals surface area contributed by atoms with Gasteiger partial charge in [-0.05, 0) is 78.4 Å². The van der Waals surface area contributed by atoms with Gasteiger partial charge in [-0.1, -0.05) is 12.1 Å². The van der Waals surface area contributed by atoms with Crippen molar-refractivity contribution in [3.05, 3.63) is 113 Å². The summed E-state index contributed by atoms with van der Waals surface area (Å²) >= 11 is 0. The van der Waals surface area contributed by atoms with Gasteiger partial charge in [0.05, 0.1) is 30.9 Å². The average Bonchev–Trinajstić information content (AvgIpc) is 3.18. The van der Waals surface area contributed by atoms with Crippen LogP contribution in [0.3, 0.4) is 0 Å². The van der Waals surface area contributed by atoms with Crippen molar-refractivity contribution in [3.63, 3.8) is 0 Å². The summed E-state index contributed by atoms with van der Waals surface area (Å²) in [5.41, 5.74) is -3.63. The summed E-state index contributed by atoms with van der Waals surface area (Å²) in [6.45, 7) is -2.26. The van der Waals surface area contributed by atoms with E-state index in [0.29, 0.717) is 11.1 Å². The fourth-order valence-electron chi connectivity index (χ4n) is 4.88. The molecule has 14 nitrogen and oxygen atoms in total. The molecule has 0 heterocycles. The Balaban J connectivity index is 0.00000428. The third kappa shape index (κ3) is 11.6. The van der Waals surface area contributed by atoms with Crippen LogP contribution in [0.25, 0.3) is 0 Å². The van der Waals surface area contributed by atoms with Gasteiger partial charge in [0.15, 0.2) is 0 Å². The van der Waals surface area contributed by atoms with Gasteiger partial charge in [-0.3, -0.25) is 10.1 Å². The van der Waals surface area contributed by atoms with E-state index in [-0.39, 0.29) is 52.7 Å². The molecular formula is C37H34F6N2O12. The van der Waals surface area contributed by atoms with Crippen molar-refractivity contribution in [1.29, 1.82) is 0 Å². The average molecular weight is 813 g/mol. The van der Waals surface area contributed by atoms with E-state index in [1.165, 1.54) is 62.8 Å². The molecule has 0 unspecified atom stereocenters. The Morgan fingerprint density at radius 3 is 1.77 bits per heavy atom. The molecule has 0 saturated heterocycles. The monoisotopic (exact) mass is 812 g/mol. The first-order chi connectivity index (χ1) is 27.0. The van der Waals surface area contributed by atoms with Crippen LogP contribution in [0, 0.1) is 5.41 Å². The molecule has 0 bridgehead atoms. The van der Waals surface area contributed by atoms with Crippen LogP contribution in [0.15, 0.2) is 84.9 Å². The summed E-state index contributed by atoms with van der Waals surface area (Å²) in [7, 11) is 2.42. The molecule has 0 aromatic heterocycles. The number of carbonyl (C=O) groups is 4. The molecular weight excluding hydrogens is 778 g/mol. The second-order valence-electron chi connectivity index (χ2n) is 11.5. The van der Waals surface area contributed by atoms with E-state index < -0.39 is 54.6 Å². The number of aromatic carboxylic acids is 1. The molecule has 0 aliphatic heterocycles. The summed E-state index contributed by atoms with van der Waals surface area (Å²) in [4.78, 5) is 58.0. The minimum absolute atomic E-state index is 0.0144. The quantitative estimate of drug-likeness (QED) is 0.0353. The highest BCUT2D eigenvalue weighted by molar-refractivity contribution is 6.10. The number of hydrogen-bond acceptors (Lipinski definition) is 12. The van der Waals surface area contributed by atoms with E-state index >= 15 is 0 Å². The van der Waals surface area contributed by atoms with Crippen molar-refractivity contribution in [1.82, 2.24) is 0 Å². The van der Waals surface area contributed by atoms with Gasteiger partial charge in [-0.2, -0.15) is 26.3 Å². The third-order valence-electron chi connectivity index (χ3n) is 7.95. The number of benzene rings is 4. The Kier molecular flexibility index (Phi) is 15.9. The lowest BCUT2D eigenvalue weighted by molar-refractivity contribution is -0.353. The summed E-state index contributed by atoms with van der Waals surface area (Å²) in [6, 6.07) is 17.2. The number of nitrogens with one attached hydrogen (secondary N) is 2. The van der Waals surface area contributed by atoms with Gasteiger partial charge in [0.2, 0.25) is 5.41 Å². The normalized spacial score (nSPS) is 11.5. The molecule has 57 heavy (non-hydrogen) atoms. The predicted molar refractivity (Wildman–Crippen MR) is 187 cm³/mol. The third-order valence-corrected chi connectivity index (χ3v) is 7.95. The van der Waals surface area contributed by atoms with Gasteiger partial charge in [0.25, 0.3) is 5.91 Å². The van der Waals surface area contributed by atoms with E-state index in [0.717, 1.165) is 36.4 Å². The number of anilines is 3. The molecule has 4 aromatic carbocycles. The van der Waals surface area contributed by atoms with E-state index in [4.69, 9.17) is 24.4 Å². The molecule has 20 heteroatoms. The maximum absolute atomic E-state index is 14.3. The molecule has 0 aliphatic rings. The minimum atomic E-state index is -5.90. The van der Waals surface area contributed by atoms with Gasteiger partial charge in [-0.25, -0.2) is 24.3 Å². The van der Waals surface area contributed by atoms with Crippen molar-refractivity contribution in [2.75, 3.05) is 38.1 Å². The van der Waals surface area contributed by atoms with Crippen LogP contribution < -0.4 is 20.1 Å². The lowest BCUT2D eigenvalue weighted by Crippen LogP contribution is -2.57. The van der Waals surface area contributed by atoms with E-state index in [2.05, 4.69) is 25.1 Å². The number of hydrogen-bond donors (Lipinski definition) is 4. The zero-order valence-corrected chi connectivity index (χ0v) is 29.9. The van der Waals surface area contributed by atoms with Crippen LogP contribution in [0.4, 0.5) is 43.4 Å². The van der Waals surface area contributed by atoms with Gasteiger partial charge in [-0.15, -0.1) is 0 Å². The highest BCUT2D eigenvalue weighted by Crippen LogP contribution is 2.51. The Labute approximate surface area is 319 Å². The number of carboxylic acids is 1. The van der Waals surface area contributed by atoms with Gasteiger partial charge in [0, 0.05) is 22.6 Å². The van der Waals surface area contributed by atoms with Crippen LogP contribution in [0.1, 0.15) is 42.2 Å². The van der Waals surface area contributed by atoms with Gasteiger partial charge >= 0.3 is 24.3 Å². The van der Waals surface area contributed by atoms with Crippen molar-refractivity contribution in [3.8, 4) is 11.5 Å². The van der Waals surface area contributed by atoms with Crippen LogP contribution in [0.2, 0.25) is 0 Å². The number of esters is 1. The molecule has 4 rings (SSSR count). The Morgan fingerprint density at radius 2 is 1.28 bits per heavy atom. The highest BCUT2D eigenvalue weighted by atomic mass is 19.4. The van der Waals surface area contributed by atoms with Crippen LogP contribution >= 0.6 is 0 Å². The zero-order valence-electron chi connectivity index (χ0n) is 29.9. The Bertz CT molecular complexity index is 1960. The second kappa shape index (κ2) is 20.1. The first-order valence-corrected chi connectivity index (χ1v) is 16.0. The number of amides is 1. The Morgan fingerprint density at radius 1 is 0.719 bits per heavy atom. The van der Waals surface area contributed by atoms with Gasteiger partial charge < -0.3 is 34.7 Å². The first kappa shape index (κ1) is 45.2. The fraction of sp³-hybridized carbons (Fsp3) is 0.243. The van der Waals surface area contributed by atoms with Gasteiger partial charge in [0.1, 0.15) is 44.7 Å². The topological polar surface area (TPSA) is 188 Å². The number of rotatable bonds is 17. The van der Waals surface area contributed by atoms with Crippen molar-refractivity contribution in [2.45, 2.75) is 25.6 Å². The minimum Gasteiger partial charge on any atom is -0.492 e. The molecule has 0 atom stereocenters. The van der Waals surface area contributed by atoms with Crippen LogP contribution in [-0.4, -0.2) is 74.8 Å². The molecule has 0 saturated carbocycles. The molecule has 0 aliphatic carbocycles. The van der Waals surface area contributed by atoms with E-state index in [9.17, 15) is 45.8 Å². The van der Waals surface area contributed by atoms with Crippen molar-refractivity contribution < 1.29 is 84.8 Å². The Hall–Kier alpha value is -6.22. The molecule has 306 valence electrons. The number of ether oxygens (including phenoxy) is 3. The van der Waals surface area contributed by atoms with Crippen molar-refractivity contribution in [2.24, 2.45) is 5.41 Å². The summed E-state index contributed by atoms with van der Waals surface area (Å²) < 4.78 is 101. The van der Waals surface area contributed by atoms with E-state index in [1.54, 1.807) is 0 Å². The molecule has 0 spiro atoms. The lowest BCUT2D eigenvalue weighted by Gasteiger charge is -2.36. The maximum atomic E-state index is 14.3. The van der Waals surface area contributed by atoms with Crippen LogP contribution in [-0.2, 0) is 37.4 Å². The fourth-order valence-corrected chi connectivity index (χ4v) is 4.88. The number of carbonyl (C=O) groups excluding carboxylic acids is 3. The predicted octanol–water partition coefficient (Wildman–Crippen LogP) is 7.62. The highest BCUT2D eigenvalue weighted by Gasteiger charge is 2.72. The number of alkyl halides is 6. The molecule has 0 fully saturated rings. The smallest absolute Gasteiger partial charge is 0.409 e. The first-order valence-electron chi connectivity index (χ1n) is 16.0. The van der Waals surface area contributed by atoms with E-state index in [1.807, 2.05) is 6.79 Å². The maximum Gasteiger partial charge on any atom is 0.409 e.